The third-order valence-electron chi connectivity index (χ3n) is 2.28. The summed E-state index contributed by atoms with van der Waals surface area (Å²) in [6.07, 6.45) is 3.41. The van der Waals surface area contributed by atoms with Crippen LogP contribution < -0.4 is 5.32 Å². The van der Waals surface area contributed by atoms with Crippen LogP contribution in [0, 0.1) is 6.92 Å². The van der Waals surface area contributed by atoms with Gasteiger partial charge in [-0.3, -0.25) is 0 Å². The second kappa shape index (κ2) is 6.46. The van der Waals surface area contributed by atoms with Gasteiger partial charge >= 0.3 is 0 Å². The normalized spacial score (nSPS) is 12.1. The molecule has 0 saturated carbocycles. The molecule has 1 aromatic rings. The van der Waals surface area contributed by atoms with Gasteiger partial charge in [-0.15, -0.1) is 11.3 Å². The first-order valence-corrected chi connectivity index (χ1v) is 6.94. The van der Waals surface area contributed by atoms with Crippen LogP contribution in [0.1, 0.15) is 30.0 Å². The van der Waals surface area contributed by atoms with Crippen molar-refractivity contribution in [3.05, 3.63) is 25.9 Å². The molecule has 0 fully saturated rings. The predicted octanol–water partition coefficient (Wildman–Crippen LogP) is 4.22. The fraction of sp³-hybridized carbons (Fsp3) is 0.500. The number of thiophene rings is 1. The lowest BCUT2D eigenvalue weighted by atomic mass is 10.2. The first-order chi connectivity index (χ1) is 7.17. The van der Waals surface area contributed by atoms with Gasteiger partial charge in [-0.2, -0.15) is 0 Å². The van der Waals surface area contributed by atoms with Gasteiger partial charge in [-0.1, -0.05) is 19.4 Å². The first-order valence-electron chi connectivity index (χ1n) is 5.33. The van der Waals surface area contributed by atoms with E-state index < -0.39 is 0 Å². The molecule has 0 spiro atoms. The predicted molar refractivity (Wildman–Crippen MR) is 73.6 cm³/mol. The van der Waals surface area contributed by atoms with Crippen LogP contribution in [-0.4, -0.2) is 13.1 Å². The van der Waals surface area contributed by atoms with Crippen LogP contribution in [0.2, 0.25) is 0 Å². The molecule has 3 heteroatoms. The molecule has 0 atom stereocenters. The molecule has 0 bridgehead atoms. The van der Waals surface area contributed by atoms with Crippen LogP contribution in [-0.2, 0) is 0 Å². The van der Waals surface area contributed by atoms with E-state index in [1.54, 1.807) is 0 Å². The summed E-state index contributed by atoms with van der Waals surface area (Å²) in [5.41, 5.74) is 1.46. The van der Waals surface area contributed by atoms with Crippen molar-refractivity contribution in [3.63, 3.8) is 0 Å². The Bertz CT molecular complexity index is 322. The molecule has 1 rings (SSSR count). The van der Waals surface area contributed by atoms with Crippen LogP contribution in [0.25, 0.3) is 6.08 Å². The molecule has 0 saturated heterocycles. The SMILES string of the molecule is CCNCC(=Cc1cc(Br)c(C)s1)CC. The van der Waals surface area contributed by atoms with E-state index in [9.17, 15) is 0 Å². The number of likely N-dealkylation sites (N-methyl/N-ethyl adjacent to an activating group) is 1. The lowest BCUT2D eigenvalue weighted by Gasteiger charge is -2.04. The summed E-state index contributed by atoms with van der Waals surface area (Å²) in [7, 11) is 0. The maximum Gasteiger partial charge on any atom is 0.0317 e. The quantitative estimate of drug-likeness (QED) is 0.855. The van der Waals surface area contributed by atoms with Crippen LogP contribution in [0.15, 0.2) is 16.1 Å². The van der Waals surface area contributed by atoms with E-state index in [0.29, 0.717) is 0 Å². The molecule has 1 nitrogen and oxygen atoms in total. The maximum atomic E-state index is 3.55. The summed E-state index contributed by atoms with van der Waals surface area (Å²) in [5, 5.41) is 3.37. The summed E-state index contributed by atoms with van der Waals surface area (Å²) in [4.78, 5) is 2.69. The fourth-order valence-corrected chi connectivity index (χ4v) is 2.87. The van der Waals surface area contributed by atoms with Crippen LogP contribution in [0.4, 0.5) is 0 Å². The second-order valence-corrected chi connectivity index (χ2v) is 5.63. The van der Waals surface area contributed by atoms with Gasteiger partial charge in [-0.05, 0) is 48.0 Å². The number of hydrogen-bond donors (Lipinski definition) is 1. The number of nitrogens with one attached hydrogen (secondary N) is 1. The van der Waals surface area contributed by atoms with Crippen LogP contribution in [0.5, 0.6) is 0 Å². The summed E-state index contributed by atoms with van der Waals surface area (Å²) in [6.45, 7) is 8.52. The van der Waals surface area contributed by atoms with Crippen molar-refractivity contribution in [1.82, 2.24) is 5.32 Å². The van der Waals surface area contributed by atoms with Crippen molar-refractivity contribution in [2.24, 2.45) is 0 Å². The van der Waals surface area contributed by atoms with Crippen molar-refractivity contribution in [2.45, 2.75) is 27.2 Å². The molecule has 0 aliphatic heterocycles. The molecule has 15 heavy (non-hydrogen) atoms. The Kier molecular flexibility index (Phi) is 5.58. The Hall–Kier alpha value is -0.120. The Labute approximate surface area is 105 Å². The van der Waals surface area contributed by atoms with Gasteiger partial charge in [0.1, 0.15) is 0 Å². The topological polar surface area (TPSA) is 12.0 Å². The number of halogens is 1. The van der Waals surface area contributed by atoms with E-state index in [0.717, 1.165) is 19.5 Å². The van der Waals surface area contributed by atoms with Crippen LogP contribution >= 0.6 is 27.3 Å². The lowest BCUT2D eigenvalue weighted by Crippen LogP contribution is -2.15. The smallest absolute Gasteiger partial charge is 0.0317 e. The first kappa shape index (κ1) is 12.9. The summed E-state index contributed by atoms with van der Waals surface area (Å²) in [6, 6.07) is 2.20. The molecule has 0 aromatic carbocycles. The van der Waals surface area contributed by atoms with Crippen molar-refractivity contribution >= 4 is 33.3 Å². The fourth-order valence-electron chi connectivity index (χ4n) is 1.32. The second-order valence-electron chi connectivity index (χ2n) is 3.49. The zero-order chi connectivity index (χ0) is 11.3. The zero-order valence-corrected chi connectivity index (χ0v) is 12.0. The zero-order valence-electron chi connectivity index (χ0n) is 9.56. The Morgan fingerprint density at radius 1 is 1.53 bits per heavy atom. The molecular weight excluding hydrogens is 270 g/mol. The van der Waals surface area contributed by atoms with E-state index in [4.69, 9.17) is 0 Å². The van der Waals surface area contributed by atoms with Gasteiger partial charge in [0.25, 0.3) is 0 Å². The van der Waals surface area contributed by atoms with Gasteiger partial charge in [0.2, 0.25) is 0 Å². The third-order valence-corrected chi connectivity index (χ3v) is 4.36. The minimum absolute atomic E-state index is 1.00. The van der Waals surface area contributed by atoms with E-state index in [2.05, 4.69) is 54.2 Å². The summed E-state index contributed by atoms with van der Waals surface area (Å²) in [5.74, 6) is 0. The highest BCUT2D eigenvalue weighted by Crippen LogP contribution is 2.28. The molecule has 0 radical (unpaired) electrons. The Morgan fingerprint density at radius 2 is 2.27 bits per heavy atom. The molecular formula is C12H18BrNS. The lowest BCUT2D eigenvalue weighted by molar-refractivity contribution is 0.762. The Balaban J connectivity index is 2.74. The molecule has 0 aliphatic rings. The van der Waals surface area contributed by atoms with E-state index in [1.165, 1.54) is 19.8 Å². The molecule has 0 unspecified atom stereocenters. The van der Waals surface area contributed by atoms with Gasteiger partial charge in [0, 0.05) is 20.8 Å². The van der Waals surface area contributed by atoms with Crippen molar-refractivity contribution in [2.75, 3.05) is 13.1 Å². The average Bonchev–Trinajstić information content (AvgIpc) is 2.53. The number of hydrogen-bond acceptors (Lipinski definition) is 2. The van der Waals surface area contributed by atoms with E-state index in [-0.39, 0.29) is 0 Å². The third kappa shape index (κ3) is 4.09. The highest BCUT2D eigenvalue weighted by atomic mass is 79.9. The molecule has 0 aliphatic carbocycles. The minimum Gasteiger partial charge on any atom is -0.313 e. The molecule has 1 N–H and O–H groups in total. The highest BCUT2D eigenvalue weighted by Gasteiger charge is 2.01. The highest BCUT2D eigenvalue weighted by molar-refractivity contribution is 9.10. The van der Waals surface area contributed by atoms with Crippen molar-refractivity contribution in [3.8, 4) is 0 Å². The van der Waals surface area contributed by atoms with Crippen LogP contribution in [0.3, 0.4) is 0 Å². The number of aryl methyl sites for hydroxylation is 1. The monoisotopic (exact) mass is 287 g/mol. The number of rotatable bonds is 5. The molecule has 0 amide bonds. The average molecular weight is 288 g/mol. The van der Waals surface area contributed by atoms with Crippen molar-refractivity contribution in [1.29, 1.82) is 0 Å². The summed E-state index contributed by atoms with van der Waals surface area (Å²) >= 11 is 5.39. The summed E-state index contributed by atoms with van der Waals surface area (Å²) < 4.78 is 1.22. The van der Waals surface area contributed by atoms with Gasteiger partial charge in [-0.25, -0.2) is 0 Å². The molecule has 84 valence electrons. The van der Waals surface area contributed by atoms with Gasteiger partial charge < -0.3 is 5.32 Å². The van der Waals surface area contributed by atoms with E-state index >= 15 is 0 Å². The van der Waals surface area contributed by atoms with Gasteiger partial charge in [0.15, 0.2) is 0 Å². The standard InChI is InChI=1S/C12H18BrNS/c1-4-10(8-14-5-2)6-11-7-12(13)9(3)15-11/h6-7,14H,4-5,8H2,1-3H3. The molecule has 1 aromatic heterocycles. The Morgan fingerprint density at radius 3 is 2.73 bits per heavy atom. The maximum absolute atomic E-state index is 3.55. The van der Waals surface area contributed by atoms with Gasteiger partial charge in [0.05, 0.1) is 0 Å². The largest absolute Gasteiger partial charge is 0.313 e. The minimum atomic E-state index is 1.00. The van der Waals surface area contributed by atoms with Crippen molar-refractivity contribution < 1.29 is 0 Å². The molecule has 1 heterocycles. The van der Waals surface area contributed by atoms with E-state index in [1.807, 2.05) is 11.3 Å².